The fourth-order valence-corrected chi connectivity index (χ4v) is 3.16. The molecule has 5 nitrogen and oxygen atoms in total. The van der Waals surface area contributed by atoms with Gasteiger partial charge in [-0.1, -0.05) is 17.7 Å². The molecule has 3 aromatic rings. The predicted molar refractivity (Wildman–Crippen MR) is 95.9 cm³/mol. The van der Waals surface area contributed by atoms with Crippen LogP contribution >= 0.6 is 11.6 Å². The van der Waals surface area contributed by atoms with Gasteiger partial charge in [0.05, 0.1) is 24.1 Å². The van der Waals surface area contributed by atoms with E-state index < -0.39 is 12.8 Å². The van der Waals surface area contributed by atoms with Crippen molar-refractivity contribution in [3.8, 4) is 0 Å². The molecule has 3 rings (SSSR count). The number of nitrogens with zero attached hydrogens (tertiary/aromatic N) is 4. The summed E-state index contributed by atoms with van der Waals surface area (Å²) in [6, 6.07) is 3.76. The largest absolute Gasteiger partial charge is 0.411 e. The molecule has 0 N–H and O–H groups in total. The van der Waals surface area contributed by atoms with Crippen molar-refractivity contribution >= 4 is 22.5 Å². The Morgan fingerprint density at radius 1 is 1.22 bits per heavy atom. The second-order valence-electron chi connectivity index (χ2n) is 6.26. The molecule has 3 heterocycles. The van der Waals surface area contributed by atoms with Crippen molar-refractivity contribution in [2.24, 2.45) is 0 Å². The third-order valence-electron chi connectivity index (χ3n) is 4.18. The second kappa shape index (κ2) is 7.82. The van der Waals surface area contributed by atoms with Gasteiger partial charge in [-0.15, -0.1) is 0 Å². The molecule has 0 unspecified atom stereocenters. The first-order valence-electron chi connectivity index (χ1n) is 8.31. The van der Waals surface area contributed by atoms with Crippen LogP contribution in [0.4, 0.5) is 13.2 Å². The van der Waals surface area contributed by atoms with Crippen molar-refractivity contribution in [2.75, 3.05) is 13.2 Å². The number of pyridine rings is 2. The molecule has 0 spiro atoms. The van der Waals surface area contributed by atoms with Gasteiger partial charge < -0.3 is 4.74 Å². The second-order valence-corrected chi connectivity index (χ2v) is 6.62. The monoisotopic (exact) mass is 398 g/mol. The van der Waals surface area contributed by atoms with Crippen LogP contribution in [0.15, 0.2) is 24.5 Å². The lowest BCUT2D eigenvalue weighted by atomic mass is 10.1. The molecule has 0 saturated carbocycles. The van der Waals surface area contributed by atoms with E-state index >= 15 is 0 Å². The van der Waals surface area contributed by atoms with Gasteiger partial charge in [-0.05, 0) is 31.0 Å². The van der Waals surface area contributed by atoms with E-state index in [9.17, 15) is 13.2 Å². The van der Waals surface area contributed by atoms with Crippen molar-refractivity contribution in [1.82, 2.24) is 19.7 Å². The predicted octanol–water partition coefficient (Wildman–Crippen LogP) is 4.27. The van der Waals surface area contributed by atoms with Gasteiger partial charge in [0, 0.05) is 30.2 Å². The van der Waals surface area contributed by atoms with Gasteiger partial charge in [0.25, 0.3) is 0 Å². The maximum absolute atomic E-state index is 12.1. The Bertz CT molecular complexity index is 956. The number of alkyl halides is 3. The summed E-state index contributed by atoms with van der Waals surface area (Å²) in [6.45, 7) is 3.05. The molecule has 0 radical (unpaired) electrons. The third-order valence-corrected chi connectivity index (χ3v) is 4.47. The zero-order valence-corrected chi connectivity index (χ0v) is 15.6. The van der Waals surface area contributed by atoms with Crippen LogP contribution in [0.25, 0.3) is 10.9 Å². The highest BCUT2D eigenvalue weighted by atomic mass is 35.5. The fraction of sp³-hybridized carbons (Fsp3) is 0.389. The lowest BCUT2D eigenvalue weighted by molar-refractivity contribution is -0.173. The third kappa shape index (κ3) is 4.75. The van der Waals surface area contributed by atoms with Crippen molar-refractivity contribution in [3.63, 3.8) is 0 Å². The van der Waals surface area contributed by atoms with Crippen LogP contribution in [0.1, 0.15) is 22.5 Å². The first-order chi connectivity index (χ1) is 12.7. The fourth-order valence-electron chi connectivity index (χ4n) is 2.87. The highest BCUT2D eigenvalue weighted by molar-refractivity contribution is 6.34. The van der Waals surface area contributed by atoms with Gasteiger partial charge in [-0.2, -0.15) is 18.3 Å². The van der Waals surface area contributed by atoms with E-state index in [0.717, 1.165) is 33.4 Å². The van der Waals surface area contributed by atoms with E-state index in [-0.39, 0.29) is 6.61 Å². The minimum atomic E-state index is -4.31. The lowest BCUT2D eigenvalue weighted by Gasteiger charge is -2.10. The SMILES string of the molecule is Cc1cc(Cn2nc3ccnc(Cl)c3c2C)cnc1CCOCC(F)(F)F. The first-order valence-corrected chi connectivity index (χ1v) is 8.69. The molecule has 27 heavy (non-hydrogen) atoms. The molecule has 9 heteroatoms. The Kier molecular flexibility index (Phi) is 5.67. The highest BCUT2D eigenvalue weighted by Gasteiger charge is 2.27. The number of aryl methyl sites for hydroxylation is 2. The van der Waals surface area contributed by atoms with Crippen molar-refractivity contribution in [3.05, 3.63) is 52.2 Å². The quantitative estimate of drug-likeness (QED) is 0.459. The minimum absolute atomic E-state index is 0.0259. The van der Waals surface area contributed by atoms with E-state index in [2.05, 4.69) is 19.8 Å². The number of halogens is 4. The summed E-state index contributed by atoms with van der Waals surface area (Å²) in [5, 5.41) is 5.78. The summed E-state index contributed by atoms with van der Waals surface area (Å²) < 4.78 is 42.8. The van der Waals surface area contributed by atoms with Crippen LogP contribution in [0, 0.1) is 13.8 Å². The van der Waals surface area contributed by atoms with Crippen LogP contribution in [0.3, 0.4) is 0 Å². The van der Waals surface area contributed by atoms with Crippen LogP contribution < -0.4 is 0 Å². The highest BCUT2D eigenvalue weighted by Crippen LogP contribution is 2.24. The zero-order valence-electron chi connectivity index (χ0n) is 14.8. The molecule has 0 aromatic carbocycles. The molecule has 0 saturated heterocycles. The number of aromatic nitrogens is 4. The van der Waals surface area contributed by atoms with Crippen LogP contribution in [-0.2, 0) is 17.7 Å². The molecule has 0 aliphatic carbocycles. The Labute approximate surface area is 159 Å². The van der Waals surface area contributed by atoms with E-state index in [1.54, 1.807) is 18.5 Å². The Morgan fingerprint density at radius 2 is 2.00 bits per heavy atom. The van der Waals surface area contributed by atoms with Crippen molar-refractivity contribution in [1.29, 1.82) is 0 Å². The number of rotatable bonds is 6. The van der Waals surface area contributed by atoms with E-state index in [1.807, 2.05) is 24.6 Å². The van der Waals surface area contributed by atoms with Gasteiger partial charge in [-0.3, -0.25) is 9.67 Å². The number of hydrogen-bond donors (Lipinski definition) is 0. The van der Waals surface area contributed by atoms with Gasteiger partial charge in [0.2, 0.25) is 0 Å². The van der Waals surface area contributed by atoms with E-state index in [0.29, 0.717) is 18.1 Å². The first kappa shape index (κ1) is 19.6. The normalized spacial score (nSPS) is 12.1. The average Bonchev–Trinajstić information content (AvgIpc) is 2.89. The molecule has 0 atom stereocenters. The van der Waals surface area contributed by atoms with Crippen LogP contribution in [-0.4, -0.2) is 39.1 Å². The van der Waals surface area contributed by atoms with Crippen LogP contribution in [0.2, 0.25) is 5.15 Å². The lowest BCUT2D eigenvalue weighted by Crippen LogP contribution is -2.18. The van der Waals surface area contributed by atoms with E-state index in [4.69, 9.17) is 11.6 Å². The summed E-state index contributed by atoms with van der Waals surface area (Å²) in [7, 11) is 0. The molecule has 0 aliphatic rings. The summed E-state index contributed by atoms with van der Waals surface area (Å²) in [5.41, 5.74) is 4.24. The molecule has 0 fully saturated rings. The Hall–Kier alpha value is -2.19. The molecule has 3 aromatic heterocycles. The smallest absolute Gasteiger partial charge is 0.372 e. The van der Waals surface area contributed by atoms with Crippen molar-refractivity contribution in [2.45, 2.75) is 33.0 Å². The van der Waals surface area contributed by atoms with E-state index in [1.165, 1.54) is 0 Å². The van der Waals surface area contributed by atoms with Crippen molar-refractivity contribution < 1.29 is 17.9 Å². The van der Waals surface area contributed by atoms with Gasteiger partial charge >= 0.3 is 6.18 Å². The van der Waals surface area contributed by atoms with Gasteiger partial charge in [0.15, 0.2) is 0 Å². The maximum Gasteiger partial charge on any atom is 0.411 e. The molecule has 0 aliphatic heterocycles. The number of ether oxygens (including phenoxy) is 1. The summed E-state index contributed by atoms with van der Waals surface area (Å²) >= 11 is 6.15. The molecular weight excluding hydrogens is 381 g/mol. The molecule has 144 valence electrons. The Balaban J connectivity index is 1.69. The molecular formula is C18H18ClF3N4O. The standard InChI is InChI=1S/C18H18ClF3N4O/c1-11-7-13(8-24-14(11)4-6-27-10-18(20,21)22)9-26-12(2)16-15(25-26)3-5-23-17(16)19/h3,5,7-8H,4,6,9-10H2,1-2H3. The molecule has 0 amide bonds. The van der Waals surface area contributed by atoms with Crippen LogP contribution in [0.5, 0.6) is 0 Å². The maximum atomic E-state index is 12.1. The van der Waals surface area contributed by atoms with Gasteiger partial charge in [-0.25, -0.2) is 4.98 Å². The minimum Gasteiger partial charge on any atom is -0.372 e. The topological polar surface area (TPSA) is 52.8 Å². The average molecular weight is 399 g/mol. The molecule has 0 bridgehead atoms. The van der Waals surface area contributed by atoms with Gasteiger partial charge in [0.1, 0.15) is 11.8 Å². The number of fused-ring (bicyclic) bond motifs is 1. The Morgan fingerprint density at radius 3 is 2.67 bits per heavy atom. The summed E-state index contributed by atoms with van der Waals surface area (Å²) in [5.74, 6) is 0. The number of hydrogen-bond acceptors (Lipinski definition) is 4. The summed E-state index contributed by atoms with van der Waals surface area (Å²) in [4.78, 5) is 8.45. The zero-order chi connectivity index (χ0) is 19.6. The summed E-state index contributed by atoms with van der Waals surface area (Å²) in [6.07, 6.45) is -0.662.